The van der Waals surface area contributed by atoms with Crippen molar-refractivity contribution < 1.29 is 4.79 Å². The first kappa shape index (κ1) is 15.1. The minimum Gasteiger partial charge on any atom is -0.322 e. The van der Waals surface area contributed by atoms with Crippen molar-refractivity contribution >= 4 is 22.6 Å². The molecule has 0 fully saturated rings. The summed E-state index contributed by atoms with van der Waals surface area (Å²) >= 11 is 0. The number of hydrogen-bond acceptors (Lipinski definition) is 3. The van der Waals surface area contributed by atoms with E-state index in [1.165, 1.54) is 0 Å². The molecule has 3 aromatic carbocycles. The third-order valence-corrected chi connectivity index (χ3v) is 4.11. The first-order valence-corrected chi connectivity index (χ1v) is 8.00. The van der Waals surface area contributed by atoms with Crippen molar-refractivity contribution in [2.45, 2.75) is 6.92 Å². The van der Waals surface area contributed by atoms with Gasteiger partial charge in [0.25, 0.3) is 5.91 Å². The number of rotatable bonds is 3. The summed E-state index contributed by atoms with van der Waals surface area (Å²) < 4.78 is 1.78. The van der Waals surface area contributed by atoms with Crippen LogP contribution in [0.15, 0.2) is 72.8 Å². The number of carbonyl (C=O) groups is 1. The maximum atomic E-state index is 12.4. The minimum atomic E-state index is -0.114. The van der Waals surface area contributed by atoms with E-state index in [1.807, 2.05) is 79.7 Å². The van der Waals surface area contributed by atoms with E-state index < -0.39 is 0 Å². The first-order chi connectivity index (χ1) is 12.2. The summed E-state index contributed by atoms with van der Waals surface area (Å²) in [5, 5.41) is 11.3. The summed E-state index contributed by atoms with van der Waals surface area (Å²) in [7, 11) is 0. The molecule has 4 aromatic rings. The van der Waals surface area contributed by atoms with Crippen LogP contribution in [0.25, 0.3) is 16.7 Å². The van der Waals surface area contributed by atoms with Crippen molar-refractivity contribution in [3.05, 3.63) is 83.9 Å². The lowest BCUT2D eigenvalue weighted by atomic mass is 10.1. The monoisotopic (exact) mass is 328 g/mol. The zero-order valence-corrected chi connectivity index (χ0v) is 13.7. The van der Waals surface area contributed by atoms with Crippen LogP contribution in [-0.2, 0) is 0 Å². The van der Waals surface area contributed by atoms with E-state index >= 15 is 0 Å². The van der Waals surface area contributed by atoms with Crippen molar-refractivity contribution in [3.63, 3.8) is 0 Å². The molecule has 1 heterocycles. The molecule has 25 heavy (non-hydrogen) atoms. The van der Waals surface area contributed by atoms with Crippen LogP contribution < -0.4 is 5.32 Å². The van der Waals surface area contributed by atoms with Crippen molar-refractivity contribution in [1.29, 1.82) is 0 Å². The average Bonchev–Trinajstić information content (AvgIpc) is 3.07. The van der Waals surface area contributed by atoms with Gasteiger partial charge in [0.1, 0.15) is 5.52 Å². The second-order valence-electron chi connectivity index (χ2n) is 5.81. The van der Waals surface area contributed by atoms with Crippen LogP contribution in [0.1, 0.15) is 15.9 Å². The number of amides is 1. The molecule has 0 bridgehead atoms. The highest BCUT2D eigenvalue weighted by Crippen LogP contribution is 2.19. The summed E-state index contributed by atoms with van der Waals surface area (Å²) in [6, 6.07) is 22.9. The van der Waals surface area contributed by atoms with Gasteiger partial charge in [-0.15, -0.1) is 5.10 Å². The van der Waals surface area contributed by atoms with E-state index in [4.69, 9.17) is 0 Å². The molecule has 5 nitrogen and oxygen atoms in total. The van der Waals surface area contributed by atoms with E-state index in [0.29, 0.717) is 5.56 Å². The van der Waals surface area contributed by atoms with E-state index in [0.717, 1.165) is 28.0 Å². The van der Waals surface area contributed by atoms with Crippen LogP contribution in [0.2, 0.25) is 0 Å². The fourth-order valence-corrected chi connectivity index (χ4v) is 2.77. The first-order valence-electron chi connectivity index (χ1n) is 8.00. The van der Waals surface area contributed by atoms with Crippen LogP contribution in [0.4, 0.5) is 5.69 Å². The molecule has 0 aliphatic rings. The highest BCUT2D eigenvalue weighted by Gasteiger charge is 2.09. The third kappa shape index (κ3) is 2.87. The van der Waals surface area contributed by atoms with Crippen LogP contribution in [-0.4, -0.2) is 20.9 Å². The number of benzene rings is 3. The Balaban J connectivity index is 1.58. The van der Waals surface area contributed by atoms with Crippen molar-refractivity contribution in [2.24, 2.45) is 0 Å². The molecular formula is C20H16N4O. The lowest BCUT2D eigenvalue weighted by molar-refractivity contribution is 0.102. The zero-order valence-electron chi connectivity index (χ0n) is 13.7. The quantitative estimate of drug-likeness (QED) is 0.619. The molecule has 0 spiro atoms. The Hall–Kier alpha value is -3.47. The molecule has 0 aliphatic carbocycles. The second kappa shape index (κ2) is 6.20. The van der Waals surface area contributed by atoms with Crippen LogP contribution in [0, 0.1) is 6.92 Å². The lowest BCUT2D eigenvalue weighted by Crippen LogP contribution is -2.13. The summed E-state index contributed by atoms with van der Waals surface area (Å²) in [4.78, 5) is 12.4. The Kier molecular flexibility index (Phi) is 3.74. The van der Waals surface area contributed by atoms with E-state index in [9.17, 15) is 4.79 Å². The van der Waals surface area contributed by atoms with Crippen molar-refractivity contribution in [2.75, 3.05) is 5.32 Å². The molecule has 0 unspecified atom stereocenters. The van der Waals surface area contributed by atoms with Crippen LogP contribution in [0.3, 0.4) is 0 Å². The molecule has 1 aromatic heterocycles. The van der Waals surface area contributed by atoms with Gasteiger partial charge in [-0.05, 0) is 55.0 Å². The molecule has 0 aliphatic heterocycles. The van der Waals surface area contributed by atoms with E-state index in [1.54, 1.807) is 4.68 Å². The molecule has 0 saturated heterocycles. The number of aromatic nitrogens is 3. The number of nitrogens with one attached hydrogen (secondary N) is 1. The number of aryl methyl sites for hydroxylation is 1. The Bertz CT molecular complexity index is 1050. The predicted molar refractivity (Wildman–Crippen MR) is 98.0 cm³/mol. The zero-order chi connectivity index (χ0) is 17.2. The minimum absolute atomic E-state index is 0.114. The van der Waals surface area contributed by atoms with Crippen LogP contribution >= 0.6 is 0 Å². The fourth-order valence-electron chi connectivity index (χ4n) is 2.77. The van der Waals surface area contributed by atoms with Gasteiger partial charge >= 0.3 is 0 Å². The van der Waals surface area contributed by atoms with Gasteiger partial charge in [-0.25, -0.2) is 4.68 Å². The molecule has 0 atom stereocenters. The van der Waals surface area contributed by atoms with Gasteiger partial charge in [0.15, 0.2) is 0 Å². The number of para-hydroxylation sites is 1. The number of nitrogens with zero attached hydrogens (tertiary/aromatic N) is 3. The Morgan fingerprint density at radius 3 is 2.44 bits per heavy atom. The SMILES string of the molecule is Cc1ccccc1C(=O)Nc1ccc(-n2nnc3ccccc32)cc1. The van der Waals surface area contributed by atoms with Crippen molar-refractivity contribution in [1.82, 2.24) is 15.0 Å². The Morgan fingerprint density at radius 2 is 1.64 bits per heavy atom. The highest BCUT2D eigenvalue weighted by molar-refractivity contribution is 6.05. The molecule has 0 saturated carbocycles. The summed E-state index contributed by atoms with van der Waals surface area (Å²) in [6.45, 7) is 1.92. The van der Waals surface area contributed by atoms with E-state index in [2.05, 4.69) is 15.6 Å². The number of fused-ring (bicyclic) bond motifs is 1. The van der Waals surface area contributed by atoms with Crippen molar-refractivity contribution in [3.8, 4) is 5.69 Å². The normalized spacial score (nSPS) is 10.8. The Morgan fingerprint density at radius 1 is 0.920 bits per heavy atom. The molecule has 5 heteroatoms. The van der Waals surface area contributed by atoms with Gasteiger partial charge in [0.2, 0.25) is 0 Å². The predicted octanol–water partition coefficient (Wildman–Crippen LogP) is 3.98. The topological polar surface area (TPSA) is 59.8 Å². The molecule has 122 valence electrons. The number of hydrogen-bond donors (Lipinski definition) is 1. The highest BCUT2D eigenvalue weighted by atomic mass is 16.1. The van der Waals surface area contributed by atoms with Gasteiger partial charge in [-0.2, -0.15) is 0 Å². The number of anilines is 1. The summed E-state index contributed by atoms with van der Waals surface area (Å²) in [5.41, 5.74) is 5.04. The van der Waals surface area contributed by atoms with Gasteiger partial charge in [-0.3, -0.25) is 4.79 Å². The maximum Gasteiger partial charge on any atom is 0.255 e. The largest absolute Gasteiger partial charge is 0.322 e. The lowest BCUT2D eigenvalue weighted by Gasteiger charge is -2.08. The maximum absolute atomic E-state index is 12.4. The van der Waals surface area contributed by atoms with Gasteiger partial charge < -0.3 is 5.32 Å². The average molecular weight is 328 g/mol. The Labute approximate surface area is 144 Å². The van der Waals surface area contributed by atoms with E-state index in [-0.39, 0.29) is 5.91 Å². The molecule has 1 N–H and O–H groups in total. The molecule has 4 rings (SSSR count). The molecule has 1 amide bonds. The van der Waals surface area contributed by atoms with Gasteiger partial charge in [0, 0.05) is 11.3 Å². The number of carbonyl (C=O) groups excluding carboxylic acids is 1. The summed E-state index contributed by atoms with van der Waals surface area (Å²) in [5.74, 6) is -0.114. The summed E-state index contributed by atoms with van der Waals surface area (Å²) in [6.07, 6.45) is 0. The standard InChI is InChI=1S/C20H16N4O/c1-14-6-2-3-7-17(14)20(25)21-15-10-12-16(13-11-15)24-19-9-5-4-8-18(19)22-23-24/h2-13H,1H3,(H,21,25). The molecular weight excluding hydrogens is 312 g/mol. The van der Waals surface area contributed by atoms with Gasteiger partial charge in [-0.1, -0.05) is 35.5 Å². The molecule has 0 radical (unpaired) electrons. The van der Waals surface area contributed by atoms with Gasteiger partial charge in [0.05, 0.1) is 11.2 Å². The fraction of sp³-hybridized carbons (Fsp3) is 0.0500. The second-order valence-corrected chi connectivity index (χ2v) is 5.81. The van der Waals surface area contributed by atoms with Crippen LogP contribution in [0.5, 0.6) is 0 Å². The third-order valence-electron chi connectivity index (χ3n) is 4.11. The smallest absolute Gasteiger partial charge is 0.255 e.